The van der Waals surface area contributed by atoms with Crippen LogP contribution in [0.4, 0.5) is 5.69 Å². The number of hydrogen-bond acceptors (Lipinski definition) is 3. The highest BCUT2D eigenvalue weighted by Crippen LogP contribution is 2.31. The van der Waals surface area contributed by atoms with Gasteiger partial charge in [-0.2, -0.15) is 0 Å². The molecular formula is C26H24N2OS. The van der Waals surface area contributed by atoms with Crippen LogP contribution in [0.1, 0.15) is 36.5 Å². The van der Waals surface area contributed by atoms with Crippen molar-refractivity contribution in [1.82, 2.24) is 4.98 Å². The zero-order valence-electron chi connectivity index (χ0n) is 17.3. The van der Waals surface area contributed by atoms with E-state index in [0.717, 1.165) is 32.9 Å². The van der Waals surface area contributed by atoms with E-state index < -0.39 is 0 Å². The minimum atomic E-state index is -0.140. The predicted molar refractivity (Wildman–Crippen MR) is 128 cm³/mol. The summed E-state index contributed by atoms with van der Waals surface area (Å²) in [6.07, 6.45) is 3.41. The Labute approximate surface area is 181 Å². The number of fused-ring (bicyclic) bond motifs is 1. The van der Waals surface area contributed by atoms with Gasteiger partial charge in [0.05, 0.1) is 10.2 Å². The number of nitrogens with zero attached hydrogens (tertiary/aromatic N) is 1. The van der Waals surface area contributed by atoms with Crippen LogP contribution >= 0.6 is 11.3 Å². The number of rotatable bonds is 5. The first kappa shape index (κ1) is 20.0. The third-order valence-electron chi connectivity index (χ3n) is 5.06. The number of para-hydroxylation sites is 1. The molecule has 0 spiro atoms. The smallest absolute Gasteiger partial charge is 0.248 e. The second kappa shape index (κ2) is 8.64. The van der Waals surface area contributed by atoms with Crippen LogP contribution in [0.15, 0.2) is 72.8 Å². The van der Waals surface area contributed by atoms with Crippen molar-refractivity contribution in [2.45, 2.75) is 26.7 Å². The first-order chi connectivity index (χ1) is 14.5. The van der Waals surface area contributed by atoms with Gasteiger partial charge in [0, 0.05) is 17.3 Å². The summed E-state index contributed by atoms with van der Waals surface area (Å²) in [5.41, 5.74) is 6.20. The number of amides is 1. The Morgan fingerprint density at radius 3 is 2.50 bits per heavy atom. The molecule has 0 saturated carbocycles. The molecule has 1 N–H and O–H groups in total. The van der Waals surface area contributed by atoms with Crippen molar-refractivity contribution in [2.75, 3.05) is 5.32 Å². The maximum absolute atomic E-state index is 12.4. The Morgan fingerprint density at radius 2 is 1.80 bits per heavy atom. The van der Waals surface area contributed by atoms with Gasteiger partial charge in [0.1, 0.15) is 5.01 Å². The first-order valence-corrected chi connectivity index (χ1v) is 10.9. The number of aryl methyl sites for hydroxylation is 1. The van der Waals surface area contributed by atoms with E-state index in [-0.39, 0.29) is 5.91 Å². The highest BCUT2D eigenvalue weighted by molar-refractivity contribution is 7.21. The van der Waals surface area contributed by atoms with Gasteiger partial charge in [-0.15, -0.1) is 11.3 Å². The summed E-state index contributed by atoms with van der Waals surface area (Å²) in [6.45, 7) is 6.34. The van der Waals surface area contributed by atoms with Gasteiger partial charge in [-0.3, -0.25) is 4.79 Å². The Balaban J connectivity index is 1.46. The summed E-state index contributed by atoms with van der Waals surface area (Å²) in [4.78, 5) is 17.1. The zero-order chi connectivity index (χ0) is 21.1. The van der Waals surface area contributed by atoms with Gasteiger partial charge in [-0.05, 0) is 65.9 Å². The molecule has 1 heterocycles. The number of carbonyl (C=O) groups is 1. The minimum absolute atomic E-state index is 0.140. The quantitative estimate of drug-likeness (QED) is 0.357. The second-order valence-corrected chi connectivity index (χ2v) is 8.69. The van der Waals surface area contributed by atoms with E-state index in [9.17, 15) is 4.79 Å². The fourth-order valence-electron chi connectivity index (χ4n) is 3.27. The maximum Gasteiger partial charge on any atom is 0.248 e. The summed E-state index contributed by atoms with van der Waals surface area (Å²) in [5.74, 6) is 0.360. The van der Waals surface area contributed by atoms with E-state index in [0.29, 0.717) is 5.92 Å². The molecule has 0 saturated heterocycles. The SMILES string of the molecule is Cc1cc(-c2nc3ccccc3s2)ccc1NC(=O)C=Cc1ccc(C(C)C)cc1. The van der Waals surface area contributed by atoms with Gasteiger partial charge in [0.2, 0.25) is 5.91 Å². The van der Waals surface area contributed by atoms with E-state index in [4.69, 9.17) is 4.98 Å². The molecule has 0 aliphatic heterocycles. The Kier molecular flexibility index (Phi) is 5.77. The molecule has 0 unspecified atom stereocenters. The molecule has 0 atom stereocenters. The average molecular weight is 413 g/mol. The van der Waals surface area contributed by atoms with E-state index in [1.165, 1.54) is 10.3 Å². The lowest BCUT2D eigenvalue weighted by molar-refractivity contribution is -0.111. The monoisotopic (exact) mass is 412 g/mol. The first-order valence-electron chi connectivity index (χ1n) is 10.1. The molecule has 3 nitrogen and oxygen atoms in total. The summed E-state index contributed by atoms with van der Waals surface area (Å²) in [5, 5.41) is 3.96. The van der Waals surface area contributed by atoms with Crippen LogP contribution in [0.25, 0.3) is 26.9 Å². The van der Waals surface area contributed by atoms with E-state index >= 15 is 0 Å². The van der Waals surface area contributed by atoms with Gasteiger partial charge in [0.25, 0.3) is 0 Å². The molecular weight excluding hydrogens is 388 g/mol. The largest absolute Gasteiger partial charge is 0.322 e. The van der Waals surface area contributed by atoms with Crippen molar-refractivity contribution in [3.05, 3.63) is 89.5 Å². The van der Waals surface area contributed by atoms with Crippen molar-refractivity contribution in [1.29, 1.82) is 0 Å². The fraction of sp³-hybridized carbons (Fsp3) is 0.154. The standard InChI is InChI=1S/C26H24N2OS/c1-17(2)20-11-8-19(9-12-20)10-15-25(29)27-22-14-13-21(16-18(22)3)26-28-23-6-4-5-7-24(23)30-26/h4-17H,1-3H3,(H,27,29). The molecule has 4 rings (SSSR count). The normalized spacial score (nSPS) is 11.5. The van der Waals surface area contributed by atoms with Crippen LogP contribution < -0.4 is 5.32 Å². The molecule has 0 bridgehead atoms. The summed E-state index contributed by atoms with van der Waals surface area (Å²) in [6, 6.07) is 22.5. The van der Waals surface area contributed by atoms with E-state index in [2.05, 4.69) is 43.4 Å². The average Bonchev–Trinajstić information content (AvgIpc) is 3.18. The number of hydrogen-bond donors (Lipinski definition) is 1. The van der Waals surface area contributed by atoms with E-state index in [1.54, 1.807) is 17.4 Å². The lowest BCUT2D eigenvalue weighted by Gasteiger charge is -2.08. The highest BCUT2D eigenvalue weighted by Gasteiger charge is 2.09. The number of carbonyl (C=O) groups excluding carboxylic acids is 1. The van der Waals surface area contributed by atoms with Crippen molar-refractivity contribution >= 4 is 39.2 Å². The van der Waals surface area contributed by atoms with Crippen LogP contribution in [-0.2, 0) is 4.79 Å². The highest BCUT2D eigenvalue weighted by atomic mass is 32.1. The maximum atomic E-state index is 12.4. The van der Waals surface area contributed by atoms with Gasteiger partial charge in [-0.25, -0.2) is 4.98 Å². The van der Waals surface area contributed by atoms with Gasteiger partial charge < -0.3 is 5.32 Å². The molecule has 0 fully saturated rings. The lowest BCUT2D eigenvalue weighted by Crippen LogP contribution is -2.08. The molecule has 0 aliphatic rings. The Hall–Kier alpha value is -3.24. The molecule has 1 amide bonds. The topological polar surface area (TPSA) is 42.0 Å². The molecule has 4 aromatic rings. The molecule has 0 aliphatic carbocycles. The number of nitrogens with one attached hydrogen (secondary N) is 1. The molecule has 3 aromatic carbocycles. The molecule has 4 heteroatoms. The molecule has 30 heavy (non-hydrogen) atoms. The van der Waals surface area contributed by atoms with Crippen molar-refractivity contribution in [2.24, 2.45) is 0 Å². The van der Waals surface area contributed by atoms with Crippen molar-refractivity contribution in [3.8, 4) is 10.6 Å². The predicted octanol–water partition coefficient (Wildman–Crippen LogP) is 7.05. The lowest BCUT2D eigenvalue weighted by atomic mass is 10.0. The van der Waals surface area contributed by atoms with Gasteiger partial charge >= 0.3 is 0 Å². The van der Waals surface area contributed by atoms with Crippen LogP contribution in [0.3, 0.4) is 0 Å². The number of aromatic nitrogens is 1. The third-order valence-corrected chi connectivity index (χ3v) is 6.14. The Morgan fingerprint density at radius 1 is 1.03 bits per heavy atom. The number of anilines is 1. The van der Waals surface area contributed by atoms with Gasteiger partial charge in [0.15, 0.2) is 0 Å². The van der Waals surface area contributed by atoms with E-state index in [1.807, 2.05) is 55.5 Å². The number of benzene rings is 3. The van der Waals surface area contributed by atoms with Crippen molar-refractivity contribution in [3.63, 3.8) is 0 Å². The minimum Gasteiger partial charge on any atom is -0.322 e. The number of thiazole rings is 1. The zero-order valence-corrected chi connectivity index (χ0v) is 18.2. The third kappa shape index (κ3) is 4.50. The summed E-state index contributed by atoms with van der Waals surface area (Å²) >= 11 is 1.68. The van der Waals surface area contributed by atoms with Crippen LogP contribution in [-0.4, -0.2) is 10.9 Å². The second-order valence-electron chi connectivity index (χ2n) is 7.66. The molecule has 150 valence electrons. The summed E-state index contributed by atoms with van der Waals surface area (Å²) in [7, 11) is 0. The van der Waals surface area contributed by atoms with Crippen LogP contribution in [0, 0.1) is 6.92 Å². The molecule has 1 aromatic heterocycles. The molecule has 0 radical (unpaired) electrons. The van der Waals surface area contributed by atoms with Crippen molar-refractivity contribution < 1.29 is 4.79 Å². The Bertz CT molecular complexity index is 1190. The fourth-order valence-corrected chi connectivity index (χ4v) is 4.23. The van der Waals surface area contributed by atoms with Crippen LogP contribution in [0.2, 0.25) is 0 Å². The van der Waals surface area contributed by atoms with Gasteiger partial charge in [-0.1, -0.05) is 50.2 Å². The van der Waals surface area contributed by atoms with Crippen LogP contribution in [0.5, 0.6) is 0 Å². The summed E-state index contributed by atoms with van der Waals surface area (Å²) < 4.78 is 1.18.